The van der Waals surface area contributed by atoms with Gasteiger partial charge in [-0.2, -0.15) is 0 Å². The molecule has 1 N–H and O–H groups in total. The van der Waals surface area contributed by atoms with Crippen LogP contribution in [-0.4, -0.2) is 44.1 Å². The minimum atomic E-state index is -2.71. The van der Waals surface area contributed by atoms with Crippen LogP contribution >= 0.6 is 0 Å². The van der Waals surface area contributed by atoms with E-state index in [2.05, 4.69) is 69.3 Å². The van der Waals surface area contributed by atoms with Crippen molar-refractivity contribution in [2.24, 2.45) is 0 Å². The predicted molar refractivity (Wildman–Crippen MR) is 128 cm³/mol. The van der Waals surface area contributed by atoms with E-state index in [0.717, 1.165) is 0 Å². The summed E-state index contributed by atoms with van der Waals surface area (Å²) in [5, 5.41) is 13.2. The number of hydrogen-bond acceptors (Lipinski definition) is 4. The molecule has 4 nitrogen and oxygen atoms in total. The average Bonchev–Trinajstić information content (AvgIpc) is 3.09. The summed E-state index contributed by atoms with van der Waals surface area (Å²) in [6.07, 6.45) is 2.35. The summed E-state index contributed by atoms with van der Waals surface area (Å²) in [6.45, 7) is 12.9. The van der Waals surface area contributed by atoms with E-state index in [-0.39, 0.29) is 11.1 Å². The highest BCUT2D eigenvalue weighted by Crippen LogP contribution is 2.37. The van der Waals surface area contributed by atoms with Gasteiger partial charge in [0.2, 0.25) is 0 Å². The number of benzene rings is 2. The second-order valence-corrected chi connectivity index (χ2v) is 14.0. The zero-order valence-corrected chi connectivity index (χ0v) is 20.5. The van der Waals surface area contributed by atoms with E-state index in [1.165, 1.54) is 10.4 Å². The lowest BCUT2D eigenvalue weighted by molar-refractivity contribution is -0.133. The summed E-state index contributed by atoms with van der Waals surface area (Å²) in [7, 11) is -2.71. The van der Waals surface area contributed by atoms with Gasteiger partial charge in [0.15, 0.2) is 5.79 Å². The fraction of sp³-hybridized carbons (Fsp3) is 0.462. The van der Waals surface area contributed by atoms with Crippen molar-refractivity contribution in [1.82, 2.24) is 0 Å². The molecule has 0 spiro atoms. The Kier molecular flexibility index (Phi) is 7.23. The monoisotopic (exact) mass is 440 g/mol. The molecule has 2 aromatic rings. The fourth-order valence-corrected chi connectivity index (χ4v) is 8.96. The van der Waals surface area contributed by atoms with E-state index < -0.39 is 26.3 Å². The summed E-state index contributed by atoms with van der Waals surface area (Å²) in [5.74, 6) is -0.586. The summed E-state index contributed by atoms with van der Waals surface area (Å²) in [5.41, 5.74) is 0. The van der Waals surface area contributed by atoms with Crippen molar-refractivity contribution in [2.75, 3.05) is 6.61 Å². The summed E-state index contributed by atoms with van der Waals surface area (Å²) < 4.78 is 18.4. The Morgan fingerprint density at radius 3 is 1.97 bits per heavy atom. The van der Waals surface area contributed by atoms with Crippen molar-refractivity contribution < 1.29 is 19.0 Å². The highest BCUT2D eigenvalue weighted by atomic mass is 28.4. The van der Waals surface area contributed by atoms with Gasteiger partial charge in [0.1, 0.15) is 6.10 Å². The molecule has 3 rings (SSSR count). The molecular formula is C26H36O4Si. The third-order valence-corrected chi connectivity index (χ3v) is 10.9. The topological polar surface area (TPSA) is 47.9 Å². The normalized spacial score (nSPS) is 21.3. The molecule has 0 unspecified atom stereocenters. The summed E-state index contributed by atoms with van der Waals surface area (Å²) >= 11 is 0. The lowest BCUT2D eigenvalue weighted by Crippen LogP contribution is -2.68. The molecular weight excluding hydrogens is 404 g/mol. The van der Waals surface area contributed by atoms with E-state index in [1.807, 2.05) is 39.0 Å². The Hall–Kier alpha value is -1.76. The maximum Gasteiger partial charge on any atom is 0.261 e. The quantitative estimate of drug-likeness (QED) is 0.522. The van der Waals surface area contributed by atoms with Crippen molar-refractivity contribution in [3.63, 3.8) is 0 Å². The summed E-state index contributed by atoms with van der Waals surface area (Å²) in [6, 6.07) is 21.0. The van der Waals surface area contributed by atoms with E-state index in [4.69, 9.17) is 13.9 Å². The molecule has 1 aliphatic rings. The third-order valence-electron chi connectivity index (χ3n) is 5.81. The van der Waals surface area contributed by atoms with E-state index in [9.17, 15) is 5.11 Å². The SMILES string of the molecule is C[C@H](O[Si](c1ccccc1)(c1ccccc1)C(C)(C)C)[C@@H](O)/C=C/[C@H]1COC(C)(C)O1. The average molecular weight is 441 g/mol. The minimum Gasteiger partial charge on any atom is -0.402 e. The molecule has 0 saturated carbocycles. The molecule has 0 aliphatic carbocycles. The first-order valence-electron chi connectivity index (χ1n) is 11.0. The largest absolute Gasteiger partial charge is 0.402 e. The molecule has 0 amide bonds. The Morgan fingerprint density at radius 2 is 1.55 bits per heavy atom. The van der Waals surface area contributed by atoms with Gasteiger partial charge in [0.25, 0.3) is 8.32 Å². The van der Waals surface area contributed by atoms with Crippen LogP contribution in [0.15, 0.2) is 72.8 Å². The molecule has 2 aromatic carbocycles. The van der Waals surface area contributed by atoms with Crippen LogP contribution in [0.5, 0.6) is 0 Å². The van der Waals surface area contributed by atoms with Crippen LogP contribution in [0.2, 0.25) is 5.04 Å². The van der Waals surface area contributed by atoms with Crippen LogP contribution < -0.4 is 10.4 Å². The van der Waals surface area contributed by atoms with Gasteiger partial charge in [-0.1, -0.05) is 93.6 Å². The highest BCUT2D eigenvalue weighted by Gasteiger charge is 2.51. The van der Waals surface area contributed by atoms with Gasteiger partial charge in [-0.05, 0) is 36.2 Å². The molecule has 1 heterocycles. The van der Waals surface area contributed by atoms with E-state index in [0.29, 0.717) is 6.61 Å². The molecule has 0 aromatic heterocycles. The van der Waals surface area contributed by atoms with Gasteiger partial charge in [-0.3, -0.25) is 0 Å². The van der Waals surface area contributed by atoms with Crippen LogP contribution in [0.1, 0.15) is 41.5 Å². The predicted octanol–water partition coefficient (Wildman–Crippen LogP) is 4.02. The standard InChI is InChI=1S/C26H36O4Si/c1-20(24(27)18-17-21-19-28-26(5,6)29-21)30-31(25(2,3)4,22-13-9-7-10-14-22)23-15-11-8-12-16-23/h7-18,20-21,24,27H,19H2,1-6H3/b18-17+/t20-,21-,24-/m0/s1. The van der Waals surface area contributed by atoms with Crippen LogP contribution in [-0.2, 0) is 13.9 Å². The summed E-state index contributed by atoms with van der Waals surface area (Å²) in [4.78, 5) is 0. The lowest BCUT2D eigenvalue weighted by atomic mass is 10.2. The van der Waals surface area contributed by atoms with Crippen molar-refractivity contribution >= 4 is 18.7 Å². The number of ether oxygens (including phenoxy) is 2. The van der Waals surface area contributed by atoms with Gasteiger partial charge >= 0.3 is 0 Å². The molecule has 168 valence electrons. The molecule has 1 fully saturated rings. The van der Waals surface area contributed by atoms with Crippen molar-refractivity contribution in [1.29, 1.82) is 0 Å². The van der Waals surface area contributed by atoms with Crippen molar-refractivity contribution in [3.8, 4) is 0 Å². The third kappa shape index (κ3) is 5.36. The number of hydrogen-bond donors (Lipinski definition) is 1. The van der Waals surface area contributed by atoms with Gasteiger partial charge in [-0.15, -0.1) is 0 Å². The fourth-order valence-electron chi connectivity index (χ4n) is 4.24. The number of rotatable bonds is 7. The molecule has 0 bridgehead atoms. The highest BCUT2D eigenvalue weighted by molar-refractivity contribution is 6.99. The van der Waals surface area contributed by atoms with Crippen molar-refractivity contribution in [3.05, 3.63) is 72.8 Å². The maximum absolute atomic E-state index is 10.9. The van der Waals surface area contributed by atoms with Crippen LogP contribution in [0, 0.1) is 0 Å². The van der Waals surface area contributed by atoms with Gasteiger partial charge < -0.3 is 19.0 Å². The molecule has 3 atom stereocenters. The molecule has 31 heavy (non-hydrogen) atoms. The van der Waals surface area contributed by atoms with Crippen LogP contribution in [0.3, 0.4) is 0 Å². The number of aliphatic hydroxyl groups excluding tert-OH is 1. The Balaban J connectivity index is 1.91. The Morgan fingerprint density at radius 1 is 1.03 bits per heavy atom. The zero-order chi connectivity index (χ0) is 22.7. The molecule has 0 radical (unpaired) electrons. The van der Waals surface area contributed by atoms with E-state index >= 15 is 0 Å². The zero-order valence-electron chi connectivity index (χ0n) is 19.5. The molecule has 5 heteroatoms. The molecule has 1 saturated heterocycles. The van der Waals surface area contributed by atoms with Gasteiger partial charge in [0.05, 0.1) is 18.8 Å². The number of aliphatic hydroxyl groups is 1. The second-order valence-electron chi connectivity index (χ2n) is 9.73. The van der Waals surface area contributed by atoms with Crippen LogP contribution in [0.25, 0.3) is 0 Å². The second kappa shape index (κ2) is 9.39. The van der Waals surface area contributed by atoms with Gasteiger partial charge in [0, 0.05) is 0 Å². The van der Waals surface area contributed by atoms with Crippen LogP contribution in [0.4, 0.5) is 0 Å². The smallest absolute Gasteiger partial charge is 0.261 e. The van der Waals surface area contributed by atoms with Crippen molar-refractivity contribution in [2.45, 2.75) is 70.7 Å². The Labute approximate surface area is 188 Å². The van der Waals surface area contributed by atoms with Gasteiger partial charge in [-0.25, -0.2) is 0 Å². The Bertz CT molecular complexity index is 818. The maximum atomic E-state index is 10.9. The first-order valence-corrected chi connectivity index (χ1v) is 12.9. The minimum absolute atomic E-state index is 0.139. The first-order chi connectivity index (χ1) is 14.6. The first kappa shape index (κ1) is 23.9. The lowest BCUT2D eigenvalue weighted by Gasteiger charge is -2.45. The van der Waals surface area contributed by atoms with E-state index in [1.54, 1.807) is 6.08 Å². The molecule has 1 aliphatic heterocycles.